The third-order valence-electron chi connectivity index (χ3n) is 4.36. The lowest BCUT2D eigenvalue weighted by atomic mass is 10.2. The molecule has 0 radical (unpaired) electrons. The molecule has 0 atom stereocenters. The number of ether oxygens (including phenoxy) is 2. The van der Waals surface area contributed by atoms with Gasteiger partial charge in [0.05, 0.1) is 20.4 Å². The van der Waals surface area contributed by atoms with Crippen molar-refractivity contribution >= 4 is 5.91 Å². The number of aromatic nitrogens is 3. The van der Waals surface area contributed by atoms with E-state index >= 15 is 0 Å². The van der Waals surface area contributed by atoms with E-state index in [4.69, 9.17) is 9.47 Å². The second kappa shape index (κ2) is 9.55. The van der Waals surface area contributed by atoms with Crippen molar-refractivity contribution < 1.29 is 14.3 Å². The van der Waals surface area contributed by atoms with Gasteiger partial charge in [-0.05, 0) is 24.6 Å². The van der Waals surface area contributed by atoms with Gasteiger partial charge in [-0.1, -0.05) is 35.5 Å². The lowest BCUT2D eigenvalue weighted by Crippen LogP contribution is -2.23. The quantitative estimate of drug-likeness (QED) is 0.617. The molecule has 0 aliphatic heterocycles. The third-order valence-corrected chi connectivity index (χ3v) is 4.36. The highest BCUT2D eigenvalue weighted by atomic mass is 16.5. The van der Waals surface area contributed by atoms with Crippen molar-refractivity contribution in [3.63, 3.8) is 0 Å². The first-order valence-corrected chi connectivity index (χ1v) is 9.12. The SMILES string of the molecule is COc1ccc(OC)c(CNC(=O)CCCn2cc(-c3ccccc3)nn2)c1. The standard InChI is InChI=1S/C21H24N4O3/c1-27-18-10-11-20(28-2)17(13-18)14-22-21(26)9-6-12-25-15-19(23-24-25)16-7-4-3-5-8-16/h3-5,7-8,10-11,13,15H,6,9,12,14H2,1-2H3,(H,22,26). The van der Waals surface area contributed by atoms with Gasteiger partial charge in [-0.15, -0.1) is 5.10 Å². The molecule has 0 aliphatic rings. The topological polar surface area (TPSA) is 78.3 Å². The van der Waals surface area contributed by atoms with Crippen molar-refractivity contribution in [3.05, 3.63) is 60.3 Å². The van der Waals surface area contributed by atoms with E-state index < -0.39 is 0 Å². The van der Waals surface area contributed by atoms with E-state index in [1.54, 1.807) is 18.9 Å². The van der Waals surface area contributed by atoms with Gasteiger partial charge in [0.15, 0.2) is 0 Å². The van der Waals surface area contributed by atoms with Crippen LogP contribution in [0.15, 0.2) is 54.7 Å². The lowest BCUT2D eigenvalue weighted by Gasteiger charge is -2.11. The molecule has 0 fully saturated rings. The molecule has 7 heteroatoms. The van der Waals surface area contributed by atoms with E-state index in [0.29, 0.717) is 25.9 Å². The molecule has 146 valence electrons. The second-order valence-corrected chi connectivity index (χ2v) is 6.29. The van der Waals surface area contributed by atoms with Gasteiger partial charge in [-0.3, -0.25) is 9.48 Å². The normalized spacial score (nSPS) is 10.5. The average molecular weight is 380 g/mol. The van der Waals surface area contributed by atoms with E-state index in [9.17, 15) is 4.79 Å². The van der Waals surface area contributed by atoms with Crippen LogP contribution in [0.5, 0.6) is 11.5 Å². The summed E-state index contributed by atoms with van der Waals surface area (Å²) >= 11 is 0. The molecule has 1 N–H and O–H groups in total. The number of hydrogen-bond acceptors (Lipinski definition) is 5. The zero-order chi connectivity index (χ0) is 19.8. The predicted octanol–water partition coefficient (Wildman–Crippen LogP) is 3.06. The Bertz CT molecular complexity index is 909. The first-order chi connectivity index (χ1) is 13.7. The van der Waals surface area contributed by atoms with E-state index in [0.717, 1.165) is 28.3 Å². The van der Waals surface area contributed by atoms with Crippen molar-refractivity contribution in [2.75, 3.05) is 14.2 Å². The number of rotatable bonds is 9. The van der Waals surface area contributed by atoms with Crippen LogP contribution in [0.25, 0.3) is 11.3 Å². The minimum Gasteiger partial charge on any atom is -0.497 e. The number of carbonyl (C=O) groups excluding carboxylic acids is 1. The summed E-state index contributed by atoms with van der Waals surface area (Å²) in [5.74, 6) is 1.43. The molecule has 0 spiro atoms. The van der Waals surface area contributed by atoms with E-state index in [-0.39, 0.29) is 5.91 Å². The summed E-state index contributed by atoms with van der Waals surface area (Å²) in [6.07, 6.45) is 2.99. The minimum atomic E-state index is -0.0201. The molecule has 0 unspecified atom stereocenters. The molecule has 0 saturated carbocycles. The summed E-state index contributed by atoms with van der Waals surface area (Å²) in [7, 11) is 3.21. The van der Waals surface area contributed by atoms with Gasteiger partial charge in [0.2, 0.25) is 5.91 Å². The van der Waals surface area contributed by atoms with Gasteiger partial charge < -0.3 is 14.8 Å². The monoisotopic (exact) mass is 380 g/mol. The Morgan fingerprint density at radius 2 is 1.93 bits per heavy atom. The summed E-state index contributed by atoms with van der Waals surface area (Å²) in [6.45, 7) is 1.02. The van der Waals surface area contributed by atoms with Crippen LogP contribution >= 0.6 is 0 Å². The molecule has 1 aromatic heterocycles. The Kier molecular flexibility index (Phi) is 6.62. The van der Waals surface area contributed by atoms with Crippen molar-refractivity contribution in [2.45, 2.75) is 25.9 Å². The predicted molar refractivity (Wildman–Crippen MR) is 106 cm³/mol. The summed E-state index contributed by atoms with van der Waals surface area (Å²) in [4.78, 5) is 12.2. The van der Waals surface area contributed by atoms with Crippen LogP contribution in [0.1, 0.15) is 18.4 Å². The number of methoxy groups -OCH3 is 2. The van der Waals surface area contributed by atoms with Crippen LogP contribution < -0.4 is 14.8 Å². The second-order valence-electron chi connectivity index (χ2n) is 6.29. The summed E-state index contributed by atoms with van der Waals surface area (Å²) in [5.41, 5.74) is 2.73. The molecule has 7 nitrogen and oxygen atoms in total. The maximum Gasteiger partial charge on any atom is 0.220 e. The Labute approximate surface area is 164 Å². The number of nitrogens with zero attached hydrogens (tertiary/aromatic N) is 3. The first-order valence-electron chi connectivity index (χ1n) is 9.12. The Balaban J connectivity index is 1.46. The molecular weight excluding hydrogens is 356 g/mol. The van der Waals surface area contributed by atoms with Crippen LogP contribution in [0.3, 0.4) is 0 Å². The molecule has 0 bridgehead atoms. The molecule has 2 aromatic carbocycles. The van der Waals surface area contributed by atoms with E-state index in [1.807, 2.05) is 54.7 Å². The number of carbonyl (C=O) groups is 1. The Hall–Kier alpha value is -3.35. The van der Waals surface area contributed by atoms with Gasteiger partial charge in [0, 0.05) is 30.6 Å². The maximum absolute atomic E-state index is 12.2. The highest BCUT2D eigenvalue weighted by Gasteiger charge is 2.08. The highest BCUT2D eigenvalue weighted by molar-refractivity contribution is 5.75. The molecule has 1 amide bonds. The van der Waals surface area contributed by atoms with E-state index in [2.05, 4.69) is 15.6 Å². The van der Waals surface area contributed by atoms with Crippen LogP contribution in [0, 0.1) is 0 Å². The zero-order valence-electron chi connectivity index (χ0n) is 16.1. The van der Waals surface area contributed by atoms with Crippen molar-refractivity contribution in [2.24, 2.45) is 0 Å². The molecule has 0 aliphatic carbocycles. The van der Waals surface area contributed by atoms with Crippen LogP contribution in [0.2, 0.25) is 0 Å². The fourth-order valence-corrected chi connectivity index (χ4v) is 2.85. The largest absolute Gasteiger partial charge is 0.497 e. The number of nitrogens with one attached hydrogen (secondary N) is 1. The smallest absolute Gasteiger partial charge is 0.220 e. The Morgan fingerprint density at radius 3 is 2.68 bits per heavy atom. The van der Waals surface area contributed by atoms with Crippen molar-refractivity contribution in [1.82, 2.24) is 20.3 Å². The van der Waals surface area contributed by atoms with Crippen LogP contribution in [0.4, 0.5) is 0 Å². The summed E-state index contributed by atoms with van der Waals surface area (Å²) in [5, 5.41) is 11.2. The number of benzene rings is 2. The van der Waals surface area contributed by atoms with Gasteiger partial charge in [0.25, 0.3) is 0 Å². The van der Waals surface area contributed by atoms with E-state index in [1.165, 1.54) is 0 Å². The minimum absolute atomic E-state index is 0.0201. The molecular formula is C21H24N4O3. The fraction of sp³-hybridized carbons (Fsp3) is 0.286. The Morgan fingerprint density at radius 1 is 1.11 bits per heavy atom. The van der Waals surface area contributed by atoms with Crippen LogP contribution in [-0.2, 0) is 17.9 Å². The van der Waals surface area contributed by atoms with Crippen LogP contribution in [-0.4, -0.2) is 35.1 Å². The number of hydrogen-bond donors (Lipinski definition) is 1. The molecule has 3 rings (SSSR count). The number of aryl methyl sites for hydroxylation is 1. The fourth-order valence-electron chi connectivity index (χ4n) is 2.85. The van der Waals surface area contributed by atoms with Gasteiger partial charge >= 0.3 is 0 Å². The summed E-state index contributed by atoms with van der Waals surface area (Å²) in [6, 6.07) is 15.4. The lowest BCUT2D eigenvalue weighted by molar-refractivity contribution is -0.121. The third kappa shape index (κ3) is 5.09. The highest BCUT2D eigenvalue weighted by Crippen LogP contribution is 2.23. The zero-order valence-corrected chi connectivity index (χ0v) is 16.1. The molecule has 3 aromatic rings. The van der Waals surface area contributed by atoms with Gasteiger partial charge in [-0.2, -0.15) is 0 Å². The average Bonchev–Trinajstić information content (AvgIpc) is 3.21. The molecule has 1 heterocycles. The maximum atomic E-state index is 12.2. The van der Waals surface area contributed by atoms with Gasteiger partial charge in [-0.25, -0.2) is 0 Å². The molecule has 28 heavy (non-hydrogen) atoms. The number of amides is 1. The van der Waals surface area contributed by atoms with Crippen molar-refractivity contribution in [3.8, 4) is 22.8 Å². The summed E-state index contributed by atoms with van der Waals surface area (Å²) < 4.78 is 12.3. The van der Waals surface area contributed by atoms with Gasteiger partial charge in [0.1, 0.15) is 17.2 Å². The first kappa shape index (κ1) is 19.4. The molecule has 0 saturated heterocycles. The van der Waals surface area contributed by atoms with Crippen molar-refractivity contribution in [1.29, 1.82) is 0 Å².